The summed E-state index contributed by atoms with van der Waals surface area (Å²) >= 11 is 0. The number of hydrogen-bond donors (Lipinski definition) is 1. The van der Waals surface area contributed by atoms with Crippen molar-refractivity contribution in [1.82, 2.24) is 9.97 Å². The van der Waals surface area contributed by atoms with E-state index in [1.54, 1.807) is 12.3 Å². The summed E-state index contributed by atoms with van der Waals surface area (Å²) in [6.07, 6.45) is 4.77. The first kappa shape index (κ1) is 6.56. The molecule has 0 amide bonds. The van der Waals surface area contributed by atoms with Crippen molar-refractivity contribution < 1.29 is 0 Å². The molecule has 0 aliphatic carbocycles. The second-order valence-corrected chi connectivity index (χ2v) is 1.89. The van der Waals surface area contributed by atoms with Crippen molar-refractivity contribution in [2.75, 3.05) is 0 Å². The van der Waals surface area contributed by atoms with Gasteiger partial charge >= 0.3 is 0 Å². The lowest BCUT2D eigenvalue weighted by molar-refractivity contribution is 1.15. The highest BCUT2D eigenvalue weighted by atomic mass is 14.9. The minimum Gasteiger partial charge on any atom is -0.343 e. The first-order chi connectivity index (χ1) is 4.83. The van der Waals surface area contributed by atoms with Gasteiger partial charge in [-0.1, -0.05) is 0 Å². The van der Waals surface area contributed by atoms with Crippen LogP contribution >= 0.6 is 0 Å². The summed E-state index contributed by atoms with van der Waals surface area (Å²) in [6, 6.07) is 1.90. The number of H-pyrrole nitrogens is 1. The van der Waals surface area contributed by atoms with Crippen LogP contribution < -0.4 is 0 Å². The van der Waals surface area contributed by atoms with Gasteiger partial charge in [-0.3, -0.25) is 0 Å². The average Bonchev–Trinajstić information content (AvgIpc) is 2.31. The molecule has 0 atom stereocenters. The maximum Gasteiger partial charge on any atom is 0.103 e. The SMILES string of the molecule is Cc1ncc(C=CC#N)[nH]1. The maximum absolute atomic E-state index is 8.16. The van der Waals surface area contributed by atoms with E-state index in [2.05, 4.69) is 9.97 Å². The molecule has 50 valence electrons. The first-order valence-corrected chi connectivity index (χ1v) is 2.90. The molecule has 0 spiro atoms. The number of aromatic amines is 1. The van der Waals surface area contributed by atoms with Gasteiger partial charge in [0.25, 0.3) is 0 Å². The molecular weight excluding hydrogens is 126 g/mol. The summed E-state index contributed by atoms with van der Waals surface area (Å²) in [4.78, 5) is 6.92. The van der Waals surface area contributed by atoms with Gasteiger partial charge in [-0.05, 0) is 13.0 Å². The number of aryl methyl sites for hydroxylation is 1. The van der Waals surface area contributed by atoms with Crippen LogP contribution in [0.2, 0.25) is 0 Å². The predicted octanol–water partition coefficient (Wildman–Crippen LogP) is 1.25. The number of imidazole rings is 1. The fourth-order valence-corrected chi connectivity index (χ4v) is 0.652. The van der Waals surface area contributed by atoms with Gasteiger partial charge in [0.05, 0.1) is 18.0 Å². The average molecular weight is 133 g/mol. The molecule has 1 rings (SSSR count). The highest BCUT2D eigenvalue weighted by molar-refractivity contribution is 5.46. The van der Waals surface area contributed by atoms with E-state index < -0.39 is 0 Å². The molecule has 0 fully saturated rings. The lowest BCUT2D eigenvalue weighted by Gasteiger charge is -1.78. The molecule has 1 heterocycles. The molecule has 1 N–H and O–H groups in total. The second kappa shape index (κ2) is 2.83. The Morgan fingerprint density at radius 1 is 1.80 bits per heavy atom. The monoisotopic (exact) mass is 133 g/mol. The Kier molecular flexibility index (Phi) is 1.86. The molecule has 0 unspecified atom stereocenters. The van der Waals surface area contributed by atoms with E-state index in [1.165, 1.54) is 6.08 Å². The standard InChI is InChI=1S/C7H7N3/c1-6-9-5-7(10-6)3-2-4-8/h2-3,5H,1H3,(H,9,10). The van der Waals surface area contributed by atoms with Gasteiger partial charge in [-0.2, -0.15) is 5.26 Å². The van der Waals surface area contributed by atoms with Crippen LogP contribution in [-0.2, 0) is 0 Å². The van der Waals surface area contributed by atoms with Gasteiger partial charge in [0.15, 0.2) is 0 Å². The van der Waals surface area contributed by atoms with Gasteiger partial charge in [0.1, 0.15) is 5.82 Å². The van der Waals surface area contributed by atoms with Crippen LogP contribution in [0.5, 0.6) is 0 Å². The number of nitriles is 1. The molecule has 10 heavy (non-hydrogen) atoms. The molecule has 0 bridgehead atoms. The van der Waals surface area contributed by atoms with Crippen LogP contribution in [0.4, 0.5) is 0 Å². The quantitative estimate of drug-likeness (QED) is 0.586. The molecule has 0 radical (unpaired) electrons. The lowest BCUT2D eigenvalue weighted by Crippen LogP contribution is -1.71. The number of aromatic nitrogens is 2. The van der Waals surface area contributed by atoms with Crippen molar-refractivity contribution in [3.8, 4) is 6.07 Å². The minimum absolute atomic E-state index is 0.859. The Morgan fingerprint density at radius 3 is 3.10 bits per heavy atom. The van der Waals surface area contributed by atoms with E-state index in [0.29, 0.717) is 0 Å². The summed E-state index contributed by atoms with van der Waals surface area (Å²) in [5.41, 5.74) is 0.860. The Labute approximate surface area is 59.0 Å². The molecule has 1 aromatic heterocycles. The van der Waals surface area contributed by atoms with E-state index in [1.807, 2.05) is 13.0 Å². The summed E-state index contributed by atoms with van der Waals surface area (Å²) in [5, 5.41) is 8.16. The highest BCUT2D eigenvalue weighted by Gasteiger charge is 1.88. The molecule has 0 aliphatic rings. The van der Waals surface area contributed by atoms with E-state index in [-0.39, 0.29) is 0 Å². The largest absolute Gasteiger partial charge is 0.343 e. The number of hydrogen-bond acceptors (Lipinski definition) is 2. The molecule has 1 aromatic rings. The summed E-state index contributed by atoms with van der Waals surface area (Å²) in [5.74, 6) is 0.859. The Morgan fingerprint density at radius 2 is 2.60 bits per heavy atom. The topological polar surface area (TPSA) is 52.5 Å². The molecule has 0 aliphatic heterocycles. The third-order valence-corrected chi connectivity index (χ3v) is 1.06. The van der Waals surface area contributed by atoms with Gasteiger partial charge in [0, 0.05) is 6.08 Å². The zero-order chi connectivity index (χ0) is 7.40. The molecule has 0 aromatic carbocycles. The maximum atomic E-state index is 8.16. The van der Waals surface area contributed by atoms with Crippen molar-refractivity contribution in [1.29, 1.82) is 5.26 Å². The minimum atomic E-state index is 0.859. The van der Waals surface area contributed by atoms with Crippen LogP contribution in [0.3, 0.4) is 0 Å². The normalized spacial score (nSPS) is 10.0. The van der Waals surface area contributed by atoms with E-state index in [4.69, 9.17) is 5.26 Å². The van der Waals surface area contributed by atoms with Crippen LogP contribution in [0.1, 0.15) is 11.5 Å². The second-order valence-electron chi connectivity index (χ2n) is 1.89. The lowest BCUT2D eigenvalue weighted by atomic mass is 10.4. The third-order valence-electron chi connectivity index (χ3n) is 1.06. The molecule has 0 saturated heterocycles. The van der Waals surface area contributed by atoms with Gasteiger partial charge in [-0.25, -0.2) is 4.98 Å². The van der Waals surface area contributed by atoms with Crippen LogP contribution in [0.25, 0.3) is 6.08 Å². The highest BCUT2D eigenvalue weighted by Crippen LogP contribution is 1.96. The summed E-state index contributed by atoms with van der Waals surface area (Å²) < 4.78 is 0. The predicted molar refractivity (Wildman–Crippen MR) is 38.0 cm³/mol. The number of rotatable bonds is 1. The van der Waals surface area contributed by atoms with Crippen LogP contribution in [0.15, 0.2) is 12.3 Å². The summed E-state index contributed by atoms with van der Waals surface area (Å²) in [6.45, 7) is 1.86. The van der Waals surface area contributed by atoms with Crippen molar-refractivity contribution in [3.05, 3.63) is 23.8 Å². The van der Waals surface area contributed by atoms with Crippen molar-refractivity contribution >= 4 is 6.08 Å². The first-order valence-electron chi connectivity index (χ1n) is 2.90. The van der Waals surface area contributed by atoms with Gasteiger partial charge < -0.3 is 4.98 Å². The van der Waals surface area contributed by atoms with Crippen molar-refractivity contribution in [2.45, 2.75) is 6.92 Å². The molecule has 3 heteroatoms. The van der Waals surface area contributed by atoms with Crippen LogP contribution in [-0.4, -0.2) is 9.97 Å². The third kappa shape index (κ3) is 1.46. The number of nitrogens with one attached hydrogen (secondary N) is 1. The Bertz CT molecular complexity index is 277. The van der Waals surface area contributed by atoms with Gasteiger partial charge in [0.2, 0.25) is 0 Å². The Balaban J connectivity index is 2.78. The van der Waals surface area contributed by atoms with E-state index >= 15 is 0 Å². The molecule has 0 saturated carbocycles. The van der Waals surface area contributed by atoms with Gasteiger partial charge in [-0.15, -0.1) is 0 Å². The Hall–Kier alpha value is -1.56. The zero-order valence-electron chi connectivity index (χ0n) is 5.63. The van der Waals surface area contributed by atoms with Crippen molar-refractivity contribution in [2.24, 2.45) is 0 Å². The number of nitrogens with zero attached hydrogens (tertiary/aromatic N) is 2. The van der Waals surface area contributed by atoms with E-state index in [9.17, 15) is 0 Å². The fourth-order valence-electron chi connectivity index (χ4n) is 0.652. The zero-order valence-corrected chi connectivity index (χ0v) is 5.63. The molecule has 3 nitrogen and oxygen atoms in total. The summed E-state index contributed by atoms with van der Waals surface area (Å²) in [7, 11) is 0. The smallest absolute Gasteiger partial charge is 0.103 e. The molecular formula is C7H7N3. The fraction of sp³-hybridized carbons (Fsp3) is 0.143. The van der Waals surface area contributed by atoms with E-state index in [0.717, 1.165) is 11.5 Å². The van der Waals surface area contributed by atoms with Crippen molar-refractivity contribution in [3.63, 3.8) is 0 Å². The van der Waals surface area contributed by atoms with Crippen LogP contribution in [0, 0.1) is 18.3 Å². The number of allylic oxidation sites excluding steroid dienone is 1.